The molecule has 1 atom stereocenters. The molecule has 0 saturated heterocycles. The minimum Gasteiger partial charge on any atom is -0.480 e. The number of nitrogens with one attached hydrogen (secondary N) is 1. The SMILES string of the molecule is Cc1cc(C(=O)NC2(C(=O)O)CC2)c(C)n1C(C)c1ccccc1. The number of benzene rings is 1. The van der Waals surface area contributed by atoms with E-state index in [-0.39, 0.29) is 11.9 Å². The van der Waals surface area contributed by atoms with E-state index in [0.717, 1.165) is 17.0 Å². The van der Waals surface area contributed by atoms with Gasteiger partial charge in [-0.15, -0.1) is 0 Å². The summed E-state index contributed by atoms with van der Waals surface area (Å²) in [7, 11) is 0. The average molecular weight is 326 g/mol. The van der Waals surface area contributed by atoms with Crippen LogP contribution >= 0.6 is 0 Å². The molecule has 1 heterocycles. The number of nitrogens with zero attached hydrogens (tertiary/aromatic N) is 1. The Kier molecular flexibility index (Phi) is 3.95. The summed E-state index contributed by atoms with van der Waals surface area (Å²) < 4.78 is 2.12. The quantitative estimate of drug-likeness (QED) is 0.887. The predicted octanol–water partition coefficient (Wildman–Crippen LogP) is 3.06. The number of rotatable bonds is 5. The molecule has 0 radical (unpaired) electrons. The van der Waals surface area contributed by atoms with Gasteiger partial charge in [-0.1, -0.05) is 30.3 Å². The van der Waals surface area contributed by atoms with Crippen LogP contribution in [-0.4, -0.2) is 27.1 Å². The van der Waals surface area contributed by atoms with Gasteiger partial charge in [0, 0.05) is 11.4 Å². The highest BCUT2D eigenvalue weighted by molar-refractivity contribution is 6.00. The first-order chi connectivity index (χ1) is 11.4. The van der Waals surface area contributed by atoms with Crippen molar-refractivity contribution in [2.75, 3.05) is 0 Å². The maximum absolute atomic E-state index is 12.6. The normalized spacial score (nSPS) is 16.5. The highest BCUT2D eigenvalue weighted by atomic mass is 16.4. The van der Waals surface area contributed by atoms with Crippen molar-refractivity contribution in [1.82, 2.24) is 9.88 Å². The zero-order chi connectivity index (χ0) is 17.5. The zero-order valence-electron chi connectivity index (χ0n) is 14.2. The molecule has 1 saturated carbocycles. The van der Waals surface area contributed by atoms with Gasteiger partial charge in [0.15, 0.2) is 0 Å². The molecule has 5 nitrogen and oxygen atoms in total. The topological polar surface area (TPSA) is 71.3 Å². The maximum atomic E-state index is 12.6. The first kappa shape index (κ1) is 16.3. The second-order valence-electron chi connectivity index (χ2n) is 6.58. The fourth-order valence-corrected chi connectivity index (χ4v) is 3.29. The average Bonchev–Trinajstić information content (AvgIpc) is 3.27. The lowest BCUT2D eigenvalue weighted by Crippen LogP contribution is -2.43. The van der Waals surface area contributed by atoms with Gasteiger partial charge in [0.05, 0.1) is 11.6 Å². The van der Waals surface area contributed by atoms with Gasteiger partial charge < -0.3 is 15.0 Å². The number of carbonyl (C=O) groups is 2. The molecule has 3 rings (SSSR count). The molecule has 1 fully saturated rings. The Bertz CT molecular complexity index is 788. The standard InChI is InChI=1S/C19H22N2O3/c1-12-11-16(17(22)20-19(9-10-19)18(23)24)14(3)21(12)13(2)15-7-5-4-6-8-15/h4-8,11,13H,9-10H2,1-3H3,(H,20,22)(H,23,24). The minimum absolute atomic E-state index is 0.0992. The van der Waals surface area contributed by atoms with Gasteiger partial charge in [0.2, 0.25) is 0 Å². The molecule has 2 N–H and O–H groups in total. The Hall–Kier alpha value is -2.56. The molecule has 0 bridgehead atoms. The lowest BCUT2D eigenvalue weighted by Gasteiger charge is -2.19. The van der Waals surface area contributed by atoms with E-state index in [1.807, 2.05) is 38.1 Å². The molecule has 0 spiro atoms. The van der Waals surface area contributed by atoms with E-state index < -0.39 is 11.5 Å². The fourth-order valence-electron chi connectivity index (χ4n) is 3.29. The van der Waals surface area contributed by atoms with Crippen molar-refractivity contribution in [2.24, 2.45) is 0 Å². The van der Waals surface area contributed by atoms with Crippen LogP contribution in [0.15, 0.2) is 36.4 Å². The van der Waals surface area contributed by atoms with Gasteiger partial charge in [-0.2, -0.15) is 0 Å². The van der Waals surface area contributed by atoms with Crippen LogP contribution in [0.4, 0.5) is 0 Å². The van der Waals surface area contributed by atoms with E-state index >= 15 is 0 Å². The van der Waals surface area contributed by atoms with E-state index in [2.05, 4.69) is 28.9 Å². The largest absolute Gasteiger partial charge is 0.480 e. The number of amides is 1. The smallest absolute Gasteiger partial charge is 0.329 e. The molecular formula is C19H22N2O3. The predicted molar refractivity (Wildman–Crippen MR) is 91.2 cm³/mol. The van der Waals surface area contributed by atoms with Crippen LogP contribution in [0.2, 0.25) is 0 Å². The molecule has 1 unspecified atom stereocenters. The van der Waals surface area contributed by atoms with Crippen LogP contribution in [0.5, 0.6) is 0 Å². The minimum atomic E-state index is -1.06. The van der Waals surface area contributed by atoms with Crippen LogP contribution in [0, 0.1) is 13.8 Å². The van der Waals surface area contributed by atoms with Crippen molar-refractivity contribution in [3.8, 4) is 0 Å². The maximum Gasteiger partial charge on any atom is 0.329 e. The summed E-state index contributed by atoms with van der Waals surface area (Å²) >= 11 is 0. The molecule has 2 aromatic rings. The third-order valence-corrected chi connectivity index (χ3v) is 4.91. The molecule has 126 valence electrons. The molecular weight excluding hydrogens is 304 g/mol. The first-order valence-electron chi connectivity index (χ1n) is 8.15. The number of carboxylic acids is 1. The zero-order valence-corrected chi connectivity index (χ0v) is 14.2. The number of aliphatic carboxylic acids is 1. The molecule has 5 heteroatoms. The first-order valence-corrected chi connectivity index (χ1v) is 8.15. The van der Waals surface area contributed by atoms with Crippen LogP contribution in [0.3, 0.4) is 0 Å². The molecule has 1 aromatic carbocycles. The third-order valence-electron chi connectivity index (χ3n) is 4.91. The van der Waals surface area contributed by atoms with Crippen molar-refractivity contribution in [2.45, 2.75) is 45.2 Å². The number of aromatic nitrogens is 1. The summed E-state index contributed by atoms with van der Waals surface area (Å²) in [6.07, 6.45) is 0.987. The number of aryl methyl sites for hydroxylation is 1. The van der Waals surface area contributed by atoms with Gasteiger partial charge in [-0.05, 0) is 45.2 Å². The highest BCUT2D eigenvalue weighted by Gasteiger charge is 2.51. The monoisotopic (exact) mass is 326 g/mol. The van der Waals surface area contributed by atoms with Crippen molar-refractivity contribution in [3.05, 3.63) is 58.9 Å². The second kappa shape index (κ2) is 5.82. The van der Waals surface area contributed by atoms with E-state index in [9.17, 15) is 14.7 Å². The molecule has 1 aromatic heterocycles. The van der Waals surface area contributed by atoms with Gasteiger partial charge in [0.1, 0.15) is 5.54 Å². The molecule has 0 aliphatic heterocycles. The van der Waals surface area contributed by atoms with Gasteiger partial charge in [-0.25, -0.2) is 4.79 Å². The summed E-state index contributed by atoms with van der Waals surface area (Å²) in [5.74, 6) is -1.27. The number of hydrogen-bond donors (Lipinski definition) is 2. The van der Waals surface area contributed by atoms with Gasteiger partial charge in [0.25, 0.3) is 5.91 Å². The molecule has 1 aliphatic rings. The number of hydrogen-bond acceptors (Lipinski definition) is 2. The highest BCUT2D eigenvalue weighted by Crippen LogP contribution is 2.36. The summed E-state index contributed by atoms with van der Waals surface area (Å²) in [6.45, 7) is 5.96. The Labute approximate surface area is 141 Å². The van der Waals surface area contributed by atoms with Crippen molar-refractivity contribution in [3.63, 3.8) is 0 Å². The van der Waals surface area contributed by atoms with Crippen LogP contribution in [0.25, 0.3) is 0 Å². The van der Waals surface area contributed by atoms with Crippen LogP contribution < -0.4 is 5.32 Å². The lowest BCUT2D eigenvalue weighted by molar-refractivity contribution is -0.140. The van der Waals surface area contributed by atoms with Crippen molar-refractivity contribution >= 4 is 11.9 Å². The molecule has 1 aliphatic carbocycles. The summed E-state index contributed by atoms with van der Waals surface area (Å²) in [5, 5.41) is 11.9. The summed E-state index contributed by atoms with van der Waals surface area (Å²) in [4.78, 5) is 23.8. The number of carboxylic acid groups (broad SMARTS) is 1. The van der Waals surface area contributed by atoms with E-state index in [0.29, 0.717) is 18.4 Å². The van der Waals surface area contributed by atoms with Crippen molar-refractivity contribution in [1.29, 1.82) is 0 Å². The van der Waals surface area contributed by atoms with Gasteiger partial charge >= 0.3 is 5.97 Å². The second-order valence-corrected chi connectivity index (χ2v) is 6.58. The summed E-state index contributed by atoms with van der Waals surface area (Å²) in [5.41, 5.74) is 2.47. The Morgan fingerprint density at radius 3 is 2.38 bits per heavy atom. The van der Waals surface area contributed by atoms with E-state index in [4.69, 9.17) is 0 Å². The lowest BCUT2D eigenvalue weighted by atomic mass is 10.1. The Morgan fingerprint density at radius 2 is 1.83 bits per heavy atom. The van der Waals surface area contributed by atoms with E-state index in [1.54, 1.807) is 0 Å². The van der Waals surface area contributed by atoms with Crippen LogP contribution in [-0.2, 0) is 4.79 Å². The van der Waals surface area contributed by atoms with Crippen molar-refractivity contribution < 1.29 is 14.7 Å². The number of carbonyl (C=O) groups excluding carboxylic acids is 1. The van der Waals surface area contributed by atoms with Gasteiger partial charge in [-0.3, -0.25) is 4.79 Å². The summed E-state index contributed by atoms with van der Waals surface area (Å²) in [6, 6.07) is 12.0. The fraction of sp³-hybridized carbons (Fsp3) is 0.368. The Morgan fingerprint density at radius 1 is 1.21 bits per heavy atom. The molecule has 24 heavy (non-hydrogen) atoms. The Balaban J connectivity index is 1.89. The van der Waals surface area contributed by atoms with Crippen LogP contribution in [0.1, 0.15) is 53.1 Å². The molecule has 1 amide bonds. The van der Waals surface area contributed by atoms with E-state index in [1.165, 1.54) is 0 Å². The third kappa shape index (κ3) is 2.70.